The van der Waals surface area contributed by atoms with E-state index in [1.807, 2.05) is 25.1 Å². The molecule has 0 spiro atoms. The van der Waals surface area contributed by atoms with Crippen molar-refractivity contribution in [3.05, 3.63) is 69.6 Å². The van der Waals surface area contributed by atoms with E-state index in [-0.39, 0.29) is 23.5 Å². The fourth-order valence-electron chi connectivity index (χ4n) is 3.26. The second-order valence-electron chi connectivity index (χ2n) is 7.44. The standard InChI is InChI=1S/C24H25NO6/c1-5-25-23(27)20-11-16-6-7-18(12-21(16)31-24(20)28)30-22(26)13-29-17-8-9-19(14(2)3)15(4)10-17/h6-12,14H,5,13H2,1-4H3,(H,25,27). The van der Waals surface area contributed by atoms with E-state index in [1.165, 1.54) is 17.7 Å². The summed E-state index contributed by atoms with van der Waals surface area (Å²) in [5.41, 5.74) is 1.70. The maximum absolute atomic E-state index is 12.2. The van der Waals surface area contributed by atoms with Crippen LogP contribution in [0.25, 0.3) is 11.0 Å². The lowest BCUT2D eigenvalue weighted by Gasteiger charge is -2.12. The fraction of sp³-hybridized carbons (Fsp3) is 0.292. The number of rotatable bonds is 7. The first kappa shape index (κ1) is 22.1. The molecule has 0 radical (unpaired) electrons. The molecule has 0 unspecified atom stereocenters. The molecule has 0 aliphatic heterocycles. The summed E-state index contributed by atoms with van der Waals surface area (Å²) in [6.45, 7) is 8.13. The second-order valence-corrected chi connectivity index (χ2v) is 7.44. The second kappa shape index (κ2) is 9.47. The maximum atomic E-state index is 12.2. The molecular formula is C24H25NO6. The van der Waals surface area contributed by atoms with E-state index < -0.39 is 17.5 Å². The molecule has 1 aromatic heterocycles. The molecule has 3 rings (SSSR count). The molecule has 162 valence electrons. The summed E-state index contributed by atoms with van der Waals surface area (Å²) in [6, 6.07) is 11.7. The molecule has 0 fully saturated rings. The first-order valence-electron chi connectivity index (χ1n) is 10.1. The Morgan fingerprint density at radius 3 is 2.48 bits per heavy atom. The Morgan fingerprint density at radius 1 is 1.06 bits per heavy atom. The van der Waals surface area contributed by atoms with Gasteiger partial charge in [0.25, 0.3) is 5.91 Å². The molecule has 0 saturated carbocycles. The van der Waals surface area contributed by atoms with Crippen LogP contribution in [0.15, 0.2) is 51.7 Å². The largest absolute Gasteiger partial charge is 0.482 e. The summed E-state index contributed by atoms with van der Waals surface area (Å²) in [7, 11) is 0. The van der Waals surface area contributed by atoms with E-state index in [0.29, 0.717) is 23.6 Å². The van der Waals surface area contributed by atoms with Gasteiger partial charge in [-0.2, -0.15) is 0 Å². The lowest BCUT2D eigenvalue weighted by molar-refractivity contribution is -0.136. The van der Waals surface area contributed by atoms with Crippen molar-refractivity contribution in [3.63, 3.8) is 0 Å². The molecular weight excluding hydrogens is 398 g/mol. The van der Waals surface area contributed by atoms with E-state index in [1.54, 1.807) is 19.1 Å². The van der Waals surface area contributed by atoms with Crippen LogP contribution in [-0.4, -0.2) is 25.0 Å². The molecule has 1 amide bonds. The highest BCUT2D eigenvalue weighted by Gasteiger charge is 2.14. The third-order valence-corrected chi connectivity index (χ3v) is 4.74. The highest BCUT2D eigenvalue weighted by Crippen LogP contribution is 2.24. The van der Waals surface area contributed by atoms with Gasteiger partial charge >= 0.3 is 11.6 Å². The Bertz CT molecular complexity index is 1180. The van der Waals surface area contributed by atoms with E-state index >= 15 is 0 Å². The SMILES string of the molecule is CCNC(=O)c1cc2ccc(OC(=O)COc3ccc(C(C)C)c(C)c3)cc2oc1=O. The predicted octanol–water partition coefficient (Wildman–Crippen LogP) is 3.96. The quantitative estimate of drug-likeness (QED) is 0.351. The normalized spacial score (nSPS) is 10.9. The number of fused-ring (bicyclic) bond motifs is 1. The van der Waals surface area contributed by atoms with Crippen LogP contribution >= 0.6 is 0 Å². The lowest BCUT2D eigenvalue weighted by atomic mass is 9.98. The molecule has 31 heavy (non-hydrogen) atoms. The highest BCUT2D eigenvalue weighted by atomic mass is 16.6. The van der Waals surface area contributed by atoms with Crippen LogP contribution in [0.2, 0.25) is 0 Å². The number of carbonyl (C=O) groups is 2. The topological polar surface area (TPSA) is 94.8 Å². The van der Waals surface area contributed by atoms with E-state index in [2.05, 4.69) is 19.2 Å². The smallest absolute Gasteiger partial charge is 0.349 e. The van der Waals surface area contributed by atoms with Gasteiger partial charge in [-0.15, -0.1) is 0 Å². The first-order chi connectivity index (χ1) is 14.8. The first-order valence-corrected chi connectivity index (χ1v) is 10.1. The Balaban J connectivity index is 1.68. The van der Waals surface area contributed by atoms with E-state index in [4.69, 9.17) is 13.9 Å². The Hall–Kier alpha value is -3.61. The number of hydrogen-bond donors (Lipinski definition) is 1. The summed E-state index contributed by atoms with van der Waals surface area (Å²) in [5.74, 6) is 0.111. The molecule has 7 nitrogen and oxygen atoms in total. The Morgan fingerprint density at radius 2 is 1.81 bits per heavy atom. The highest BCUT2D eigenvalue weighted by molar-refractivity contribution is 5.96. The summed E-state index contributed by atoms with van der Waals surface area (Å²) in [4.78, 5) is 36.2. The van der Waals surface area contributed by atoms with Crippen LogP contribution in [0.3, 0.4) is 0 Å². The van der Waals surface area contributed by atoms with Crippen molar-refractivity contribution < 1.29 is 23.5 Å². The monoisotopic (exact) mass is 423 g/mol. The zero-order valence-corrected chi connectivity index (χ0v) is 18.0. The van der Waals surface area contributed by atoms with E-state index in [9.17, 15) is 14.4 Å². The van der Waals surface area contributed by atoms with Crippen molar-refractivity contribution in [2.24, 2.45) is 0 Å². The zero-order chi connectivity index (χ0) is 22.5. The Labute approximate surface area is 180 Å². The molecule has 7 heteroatoms. The van der Waals surface area contributed by atoms with Crippen LogP contribution in [0.1, 0.15) is 48.2 Å². The minimum absolute atomic E-state index is 0.0775. The number of benzene rings is 2. The van der Waals surface area contributed by atoms with Gasteiger partial charge in [-0.25, -0.2) is 9.59 Å². The minimum atomic E-state index is -0.759. The van der Waals surface area contributed by atoms with Gasteiger partial charge in [-0.3, -0.25) is 4.79 Å². The number of carbonyl (C=O) groups excluding carboxylic acids is 2. The van der Waals surface area contributed by atoms with Gasteiger partial charge in [0.1, 0.15) is 22.6 Å². The molecule has 0 saturated heterocycles. The number of nitrogens with one attached hydrogen (secondary N) is 1. The number of hydrogen-bond acceptors (Lipinski definition) is 6. The van der Waals surface area contributed by atoms with Gasteiger partial charge < -0.3 is 19.2 Å². The number of aryl methyl sites for hydroxylation is 1. The third kappa shape index (κ3) is 5.31. The van der Waals surface area contributed by atoms with Crippen LogP contribution in [-0.2, 0) is 4.79 Å². The van der Waals surface area contributed by atoms with Crippen molar-refractivity contribution in [1.29, 1.82) is 0 Å². The molecule has 1 heterocycles. The molecule has 0 aliphatic carbocycles. The van der Waals surface area contributed by atoms with Crippen LogP contribution in [0, 0.1) is 6.92 Å². The van der Waals surface area contributed by atoms with Gasteiger partial charge in [0, 0.05) is 18.0 Å². The molecule has 2 aromatic carbocycles. The van der Waals surface area contributed by atoms with Gasteiger partial charge in [-0.1, -0.05) is 19.9 Å². The van der Waals surface area contributed by atoms with Crippen molar-refractivity contribution in [3.8, 4) is 11.5 Å². The van der Waals surface area contributed by atoms with Gasteiger partial charge in [-0.05, 0) is 61.2 Å². The molecule has 0 aliphatic rings. The van der Waals surface area contributed by atoms with Crippen LogP contribution in [0.4, 0.5) is 0 Å². The lowest BCUT2D eigenvalue weighted by Crippen LogP contribution is -2.27. The summed E-state index contributed by atoms with van der Waals surface area (Å²) >= 11 is 0. The minimum Gasteiger partial charge on any atom is -0.482 e. The summed E-state index contributed by atoms with van der Waals surface area (Å²) < 4.78 is 16.0. The predicted molar refractivity (Wildman–Crippen MR) is 117 cm³/mol. The maximum Gasteiger partial charge on any atom is 0.349 e. The van der Waals surface area contributed by atoms with Crippen molar-refractivity contribution >= 4 is 22.8 Å². The Kier molecular flexibility index (Phi) is 6.74. The van der Waals surface area contributed by atoms with Gasteiger partial charge in [0.05, 0.1) is 0 Å². The molecule has 0 bridgehead atoms. The fourth-order valence-corrected chi connectivity index (χ4v) is 3.26. The summed E-state index contributed by atoms with van der Waals surface area (Å²) in [6.07, 6.45) is 0. The average molecular weight is 423 g/mol. The molecule has 3 aromatic rings. The van der Waals surface area contributed by atoms with Crippen molar-refractivity contribution in [2.45, 2.75) is 33.6 Å². The molecule has 1 N–H and O–H groups in total. The van der Waals surface area contributed by atoms with Crippen molar-refractivity contribution in [1.82, 2.24) is 5.32 Å². The number of amides is 1. The van der Waals surface area contributed by atoms with E-state index in [0.717, 1.165) is 5.56 Å². The average Bonchev–Trinajstić information content (AvgIpc) is 2.71. The zero-order valence-electron chi connectivity index (χ0n) is 18.0. The third-order valence-electron chi connectivity index (χ3n) is 4.74. The van der Waals surface area contributed by atoms with Crippen molar-refractivity contribution in [2.75, 3.05) is 13.2 Å². The van der Waals surface area contributed by atoms with Crippen LogP contribution < -0.4 is 20.4 Å². The molecule has 0 atom stereocenters. The van der Waals surface area contributed by atoms with Gasteiger partial charge in [0.2, 0.25) is 0 Å². The number of esters is 1. The number of ether oxygens (including phenoxy) is 2. The van der Waals surface area contributed by atoms with Gasteiger partial charge in [0.15, 0.2) is 6.61 Å². The summed E-state index contributed by atoms with van der Waals surface area (Å²) in [5, 5.41) is 3.10. The van der Waals surface area contributed by atoms with Crippen LogP contribution in [0.5, 0.6) is 11.5 Å².